The molecule has 3 fully saturated rings. The number of hydrogen-bond donors (Lipinski definition) is 1. The van der Waals surface area contributed by atoms with Gasteiger partial charge in [0.05, 0.1) is 12.7 Å². The van der Waals surface area contributed by atoms with Gasteiger partial charge in [-0.1, -0.05) is 12.1 Å². The average molecular weight is 410 g/mol. The Hall–Kier alpha value is -2.25. The highest BCUT2D eigenvalue weighted by Crippen LogP contribution is 2.60. The molecule has 2 aliphatic carbocycles. The summed E-state index contributed by atoms with van der Waals surface area (Å²) in [6.07, 6.45) is -2.82. The van der Waals surface area contributed by atoms with Gasteiger partial charge in [-0.05, 0) is 56.2 Å². The zero-order valence-electron chi connectivity index (χ0n) is 16.7. The number of amides is 2. The molecule has 0 spiro atoms. The fourth-order valence-electron chi connectivity index (χ4n) is 5.25. The smallest absolute Gasteiger partial charge is 0.416 e. The number of rotatable bonds is 3. The maximum absolute atomic E-state index is 13.0. The van der Waals surface area contributed by atoms with E-state index in [4.69, 9.17) is 0 Å². The van der Waals surface area contributed by atoms with E-state index in [1.807, 2.05) is 11.8 Å². The van der Waals surface area contributed by atoms with Crippen molar-refractivity contribution < 1.29 is 27.5 Å². The normalized spacial score (nSPS) is 33.0. The standard InChI is InChI=1S/C21H25F3N2O3/c1-12-6-14(4-5-16(12)21(22,23)24)20-9-15(20)10-26(11-20)17(27)13-7-19(2,8-13)25-18(28)29-3/h4-6,13,15H,7-11H2,1-3H3,(H,25,28). The lowest BCUT2D eigenvalue weighted by atomic mass is 9.69. The summed E-state index contributed by atoms with van der Waals surface area (Å²) in [6, 6.07) is 4.37. The van der Waals surface area contributed by atoms with E-state index < -0.39 is 23.4 Å². The summed E-state index contributed by atoms with van der Waals surface area (Å²) < 4.78 is 43.8. The summed E-state index contributed by atoms with van der Waals surface area (Å²) >= 11 is 0. The van der Waals surface area contributed by atoms with E-state index in [1.54, 1.807) is 12.1 Å². The monoisotopic (exact) mass is 410 g/mol. The minimum Gasteiger partial charge on any atom is -0.453 e. The van der Waals surface area contributed by atoms with Crippen molar-refractivity contribution in [1.82, 2.24) is 10.2 Å². The summed E-state index contributed by atoms with van der Waals surface area (Å²) in [5.74, 6) is 0.243. The molecular formula is C21H25F3N2O3. The molecule has 0 aromatic heterocycles. The number of nitrogens with one attached hydrogen (secondary N) is 1. The first-order valence-electron chi connectivity index (χ1n) is 9.81. The maximum Gasteiger partial charge on any atom is 0.416 e. The molecule has 2 unspecified atom stereocenters. The van der Waals surface area contributed by atoms with E-state index in [-0.39, 0.29) is 22.8 Å². The highest BCUT2D eigenvalue weighted by molar-refractivity contribution is 5.82. The van der Waals surface area contributed by atoms with Gasteiger partial charge in [-0.3, -0.25) is 4.79 Å². The highest BCUT2D eigenvalue weighted by atomic mass is 19.4. The van der Waals surface area contributed by atoms with Crippen LogP contribution in [0.2, 0.25) is 0 Å². The largest absolute Gasteiger partial charge is 0.453 e. The number of alkyl carbamates (subject to hydrolysis) is 1. The second-order valence-corrected chi connectivity index (χ2v) is 9.09. The summed E-state index contributed by atoms with van der Waals surface area (Å²) in [5, 5.41) is 2.77. The van der Waals surface area contributed by atoms with Crippen LogP contribution in [0.25, 0.3) is 0 Å². The third-order valence-corrected chi connectivity index (χ3v) is 6.90. The number of methoxy groups -OCH3 is 1. The van der Waals surface area contributed by atoms with Gasteiger partial charge in [-0.25, -0.2) is 4.79 Å². The van der Waals surface area contributed by atoms with Crippen LogP contribution in [0, 0.1) is 18.8 Å². The number of carbonyl (C=O) groups excluding carboxylic acids is 2. The first-order valence-corrected chi connectivity index (χ1v) is 9.81. The minimum atomic E-state index is -4.35. The molecule has 1 saturated heterocycles. The van der Waals surface area contributed by atoms with Crippen LogP contribution in [0.15, 0.2) is 18.2 Å². The number of benzene rings is 1. The molecule has 0 radical (unpaired) electrons. The molecule has 0 bridgehead atoms. The van der Waals surface area contributed by atoms with E-state index in [1.165, 1.54) is 14.0 Å². The van der Waals surface area contributed by atoms with Gasteiger partial charge >= 0.3 is 12.3 Å². The third-order valence-electron chi connectivity index (χ3n) is 6.90. The molecule has 1 N–H and O–H groups in total. The number of likely N-dealkylation sites (tertiary alicyclic amines) is 1. The van der Waals surface area contributed by atoms with Crippen LogP contribution in [0.3, 0.4) is 0 Å². The molecule has 1 aromatic carbocycles. The Labute approximate surface area is 167 Å². The number of fused-ring (bicyclic) bond motifs is 1. The van der Waals surface area contributed by atoms with Crippen molar-refractivity contribution in [1.29, 1.82) is 0 Å². The number of nitrogens with zero attached hydrogens (tertiary/aromatic N) is 1. The number of hydrogen-bond acceptors (Lipinski definition) is 3. The van der Waals surface area contributed by atoms with Gasteiger partial charge in [0.1, 0.15) is 0 Å². The molecular weight excluding hydrogens is 385 g/mol. The fraction of sp³-hybridized carbons (Fsp3) is 0.619. The zero-order chi connectivity index (χ0) is 21.2. The van der Waals surface area contributed by atoms with Crippen molar-refractivity contribution in [2.75, 3.05) is 20.2 Å². The van der Waals surface area contributed by atoms with Gasteiger partial charge in [0.2, 0.25) is 5.91 Å². The maximum atomic E-state index is 13.0. The van der Waals surface area contributed by atoms with E-state index in [9.17, 15) is 22.8 Å². The summed E-state index contributed by atoms with van der Waals surface area (Å²) in [7, 11) is 1.30. The molecule has 2 saturated carbocycles. The second kappa shape index (κ2) is 6.37. The summed E-state index contributed by atoms with van der Waals surface area (Å²) in [4.78, 5) is 26.2. The van der Waals surface area contributed by atoms with Gasteiger partial charge in [-0.2, -0.15) is 13.2 Å². The van der Waals surface area contributed by atoms with E-state index >= 15 is 0 Å². The van der Waals surface area contributed by atoms with Gasteiger partial charge < -0.3 is 15.0 Å². The van der Waals surface area contributed by atoms with Crippen molar-refractivity contribution in [2.24, 2.45) is 11.8 Å². The lowest BCUT2D eigenvalue weighted by Gasteiger charge is -2.45. The molecule has 4 rings (SSSR count). The number of alkyl halides is 3. The number of piperidine rings is 1. The SMILES string of the molecule is COC(=O)NC1(C)CC(C(=O)N2CC3CC3(c3ccc(C(F)(F)F)c(C)c3)C2)C1. The molecule has 29 heavy (non-hydrogen) atoms. The van der Waals surface area contributed by atoms with E-state index in [2.05, 4.69) is 10.1 Å². The molecule has 1 aliphatic heterocycles. The number of ether oxygens (including phenoxy) is 1. The van der Waals surface area contributed by atoms with Crippen LogP contribution >= 0.6 is 0 Å². The van der Waals surface area contributed by atoms with Crippen molar-refractivity contribution in [2.45, 2.75) is 50.2 Å². The zero-order valence-corrected chi connectivity index (χ0v) is 16.7. The molecule has 2 amide bonds. The number of aryl methyl sites for hydroxylation is 1. The predicted molar refractivity (Wildman–Crippen MR) is 99.2 cm³/mol. The Bertz CT molecular complexity index is 863. The Balaban J connectivity index is 1.41. The molecule has 3 aliphatic rings. The Morgan fingerprint density at radius 2 is 1.93 bits per heavy atom. The summed E-state index contributed by atoms with van der Waals surface area (Å²) in [6.45, 7) is 4.58. The van der Waals surface area contributed by atoms with Crippen LogP contribution in [0.4, 0.5) is 18.0 Å². The molecule has 5 nitrogen and oxygen atoms in total. The van der Waals surface area contributed by atoms with E-state index in [0.29, 0.717) is 31.8 Å². The van der Waals surface area contributed by atoms with Gasteiger partial charge in [-0.15, -0.1) is 0 Å². The lowest BCUT2D eigenvalue weighted by molar-refractivity contribution is -0.140. The van der Waals surface area contributed by atoms with E-state index in [0.717, 1.165) is 18.1 Å². The van der Waals surface area contributed by atoms with Gasteiger partial charge in [0, 0.05) is 30.0 Å². The number of halogens is 3. The van der Waals surface area contributed by atoms with Crippen LogP contribution in [0.1, 0.15) is 42.9 Å². The van der Waals surface area contributed by atoms with Crippen molar-refractivity contribution in [3.8, 4) is 0 Å². The topological polar surface area (TPSA) is 58.6 Å². The third kappa shape index (κ3) is 3.36. The minimum absolute atomic E-state index is 0.0735. The molecule has 2 atom stereocenters. The van der Waals surface area contributed by atoms with Crippen LogP contribution in [-0.2, 0) is 21.1 Å². The van der Waals surface area contributed by atoms with Crippen molar-refractivity contribution in [3.05, 3.63) is 34.9 Å². The van der Waals surface area contributed by atoms with Crippen LogP contribution < -0.4 is 5.32 Å². The molecule has 1 aromatic rings. The Kier molecular flexibility index (Phi) is 4.40. The quantitative estimate of drug-likeness (QED) is 0.828. The van der Waals surface area contributed by atoms with Crippen molar-refractivity contribution >= 4 is 12.0 Å². The van der Waals surface area contributed by atoms with Gasteiger partial charge in [0.15, 0.2) is 0 Å². The molecule has 158 valence electrons. The predicted octanol–water partition coefficient (Wildman–Crippen LogP) is 3.64. The molecule has 8 heteroatoms. The number of carbonyl (C=O) groups is 2. The Morgan fingerprint density at radius 1 is 1.24 bits per heavy atom. The average Bonchev–Trinajstić information content (AvgIpc) is 3.19. The Morgan fingerprint density at radius 3 is 2.52 bits per heavy atom. The van der Waals surface area contributed by atoms with Crippen LogP contribution in [-0.4, -0.2) is 42.6 Å². The highest BCUT2D eigenvalue weighted by Gasteiger charge is 2.62. The van der Waals surface area contributed by atoms with Gasteiger partial charge in [0.25, 0.3) is 0 Å². The first-order chi connectivity index (χ1) is 13.5. The van der Waals surface area contributed by atoms with Crippen LogP contribution in [0.5, 0.6) is 0 Å². The fourth-order valence-corrected chi connectivity index (χ4v) is 5.25. The van der Waals surface area contributed by atoms with Crippen molar-refractivity contribution in [3.63, 3.8) is 0 Å². The first kappa shape index (κ1) is 20.0. The lowest BCUT2D eigenvalue weighted by Crippen LogP contribution is -2.58. The molecule has 1 heterocycles. The summed E-state index contributed by atoms with van der Waals surface area (Å²) in [5.41, 5.74) is -0.120. The second-order valence-electron chi connectivity index (χ2n) is 9.09.